The summed E-state index contributed by atoms with van der Waals surface area (Å²) in [4.78, 5) is 0. The molecule has 206 valence electrons. The number of hydrogen-bond donors (Lipinski definition) is 0. The van der Waals surface area contributed by atoms with Crippen LogP contribution in [0.1, 0.15) is 28.8 Å². The predicted octanol–water partition coefficient (Wildman–Crippen LogP) is 11.2. The second kappa shape index (κ2) is 9.86. The summed E-state index contributed by atoms with van der Waals surface area (Å²) in [6.45, 7) is 0. The fourth-order valence-electron chi connectivity index (χ4n) is 5.38. The minimum absolute atomic E-state index is 0.0660. The lowest BCUT2D eigenvalue weighted by Crippen LogP contribution is -1.96. The molecule has 2 aromatic heterocycles. The van der Waals surface area contributed by atoms with E-state index in [0.717, 1.165) is 21.3 Å². The van der Waals surface area contributed by atoms with Crippen molar-refractivity contribution in [2.45, 2.75) is 0 Å². The lowest BCUT2D eigenvalue weighted by atomic mass is 9.99. The molecular weight excluding hydrogens is 532 g/mol. The van der Waals surface area contributed by atoms with Gasteiger partial charge in [0.05, 0.1) is 50.9 Å². The molecule has 0 saturated carbocycles. The number of fused-ring (bicyclic) bond motifs is 6. The maximum atomic E-state index is 9.83. The summed E-state index contributed by atoms with van der Waals surface area (Å²) >= 11 is 0. The molecule has 2 nitrogen and oxygen atoms in total. The highest BCUT2D eigenvalue weighted by atomic mass is 15.0. The Hall–Kier alpha value is -5.86. The summed E-state index contributed by atoms with van der Waals surface area (Å²) in [5, 5.41) is -1.69. The van der Waals surface area contributed by atoms with Crippen LogP contribution in [0.25, 0.3) is 77.2 Å². The van der Waals surface area contributed by atoms with Crippen molar-refractivity contribution < 1.29 is 28.8 Å². The van der Waals surface area contributed by atoms with Gasteiger partial charge in [0.15, 0.2) is 0 Å². The van der Waals surface area contributed by atoms with E-state index < -0.39 is 165 Å². The molecule has 44 heavy (non-hydrogen) atoms. The average molecular weight is 582 g/mol. The standard InChI is InChI=1S/C42H28N2/c1-2-12-29(13-3-1)30-14-10-15-31(26-30)32-16-11-17-33(27-32)43-41-23-9-6-20-37(41)38-28-34(24-25-42(38)43)44-39-21-7-4-18-35(39)36-19-5-8-22-40(36)44/h1-28H/i4D,5D,6D,7D,8D,9D,14D,15D,16D,17D,18D,19D,20D,21D,22D,23D,24D,25D,26D,27D,28D. The second-order valence-electron chi connectivity index (χ2n) is 9.74. The Morgan fingerprint density at radius 2 is 0.818 bits per heavy atom. The summed E-state index contributed by atoms with van der Waals surface area (Å²) in [6, 6.07) is -4.10. The van der Waals surface area contributed by atoms with Crippen LogP contribution in [0.5, 0.6) is 0 Å². The lowest BCUT2D eigenvalue weighted by molar-refractivity contribution is 1.17. The normalized spacial score (nSPS) is 18.3. The first-order valence-corrected chi connectivity index (χ1v) is 13.4. The summed E-state index contributed by atoms with van der Waals surface area (Å²) in [7, 11) is 0. The minimum Gasteiger partial charge on any atom is -0.309 e. The van der Waals surface area contributed by atoms with Gasteiger partial charge >= 0.3 is 0 Å². The van der Waals surface area contributed by atoms with Crippen molar-refractivity contribution in [2.24, 2.45) is 0 Å². The molecule has 0 saturated heterocycles. The molecule has 0 aliphatic carbocycles. The van der Waals surface area contributed by atoms with Crippen molar-refractivity contribution in [2.75, 3.05) is 0 Å². The molecule has 0 spiro atoms. The van der Waals surface area contributed by atoms with E-state index >= 15 is 0 Å². The Bertz CT molecular complexity index is 3590. The van der Waals surface area contributed by atoms with E-state index in [0.29, 0.717) is 5.56 Å². The van der Waals surface area contributed by atoms with Crippen LogP contribution in [0.3, 0.4) is 0 Å². The van der Waals surface area contributed by atoms with Crippen molar-refractivity contribution in [1.29, 1.82) is 0 Å². The van der Waals surface area contributed by atoms with E-state index in [4.69, 9.17) is 20.6 Å². The van der Waals surface area contributed by atoms with Gasteiger partial charge in [0.1, 0.15) is 0 Å². The fourth-order valence-corrected chi connectivity index (χ4v) is 5.38. The van der Waals surface area contributed by atoms with Gasteiger partial charge in [-0.05, 0) is 76.6 Å². The van der Waals surface area contributed by atoms with E-state index in [9.17, 15) is 8.22 Å². The Labute approximate surface area is 285 Å². The molecule has 0 radical (unpaired) electrons. The first kappa shape index (κ1) is 11.7. The van der Waals surface area contributed by atoms with E-state index in [2.05, 4.69) is 0 Å². The SMILES string of the molecule is [2H]c1cc([2H])c(-c2c([2H])cc([2H])c(-n3c4c([2H])c([2H])c([2H])c([2H])c4c4c([2H])c(-n5c6c([2H])c([2H])c([2H])c([2H])c6c6c([2H])c([2H])c([2H])c([2H])c65)c([2H])c([2H])c43)c2[2H])c([2H])c1-c1ccccc1. The van der Waals surface area contributed by atoms with Crippen molar-refractivity contribution in [3.8, 4) is 33.6 Å². The molecule has 2 heterocycles. The molecular formula is C42H28N2. The van der Waals surface area contributed by atoms with Gasteiger partial charge in [0.2, 0.25) is 0 Å². The van der Waals surface area contributed by atoms with Crippen molar-refractivity contribution >= 4 is 43.6 Å². The monoisotopic (exact) mass is 581 g/mol. The number of hydrogen-bond acceptors (Lipinski definition) is 0. The van der Waals surface area contributed by atoms with Crippen LogP contribution in [0, 0.1) is 0 Å². The predicted molar refractivity (Wildman–Crippen MR) is 186 cm³/mol. The van der Waals surface area contributed by atoms with Gasteiger partial charge in [0, 0.05) is 32.9 Å². The van der Waals surface area contributed by atoms with Crippen molar-refractivity contribution in [1.82, 2.24) is 9.13 Å². The summed E-state index contributed by atoms with van der Waals surface area (Å²) in [5.74, 6) is 0. The van der Waals surface area contributed by atoms with Crippen LogP contribution in [0.15, 0.2) is 169 Å². The highest BCUT2D eigenvalue weighted by Crippen LogP contribution is 2.37. The third kappa shape index (κ3) is 3.82. The minimum atomic E-state index is -0.892. The Morgan fingerprint density at radius 1 is 0.341 bits per heavy atom. The molecule has 0 unspecified atom stereocenters. The van der Waals surface area contributed by atoms with E-state index in [1.165, 1.54) is 0 Å². The average Bonchev–Trinajstić information content (AvgIpc) is 3.80. The smallest absolute Gasteiger partial charge is 0.0652 e. The van der Waals surface area contributed by atoms with Crippen molar-refractivity contribution in [3.63, 3.8) is 0 Å². The van der Waals surface area contributed by atoms with Crippen LogP contribution in [-0.2, 0) is 0 Å². The van der Waals surface area contributed by atoms with Crippen LogP contribution in [0.2, 0.25) is 0 Å². The van der Waals surface area contributed by atoms with Gasteiger partial charge in [-0.2, -0.15) is 0 Å². The zero-order chi connectivity index (χ0) is 47.3. The Morgan fingerprint density at radius 3 is 1.45 bits per heavy atom. The molecule has 9 rings (SSSR count). The number of benzene rings is 7. The number of rotatable bonds is 4. The van der Waals surface area contributed by atoms with Crippen LogP contribution in [-0.4, -0.2) is 9.13 Å². The van der Waals surface area contributed by atoms with Gasteiger partial charge in [-0.25, -0.2) is 0 Å². The third-order valence-corrected chi connectivity index (χ3v) is 7.29. The zero-order valence-corrected chi connectivity index (χ0v) is 22.4. The summed E-state index contributed by atoms with van der Waals surface area (Å²) in [5.41, 5.74) is -3.32. The highest BCUT2D eigenvalue weighted by Gasteiger charge is 2.16. The van der Waals surface area contributed by atoms with Crippen LogP contribution >= 0.6 is 0 Å². The number of para-hydroxylation sites is 3. The highest BCUT2D eigenvalue weighted by molar-refractivity contribution is 6.12. The summed E-state index contributed by atoms with van der Waals surface area (Å²) in [6.07, 6.45) is 0. The topological polar surface area (TPSA) is 9.86 Å². The van der Waals surface area contributed by atoms with Gasteiger partial charge in [-0.3, -0.25) is 0 Å². The number of nitrogens with zero attached hydrogens (tertiary/aromatic N) is 2. The van der Waals surface area contributed by atoms with Gasteiger partial charge in [0.25, 0.3) is 0 Å². The molecule has 0 aliphatic heterocycles. The molecule has 0 amide bonds. The Kier molecular flexibility index (Phi) is 2.62. The lowest BCUT2D eigenvalue weighted by Gasteiger charge is -2.12. The molecule has 0 aliphatic rings. The fraction of sp³-hybridized carbons (Fsp3) is 0. The summed E-state index contributed by atoms with van der Waals surface area (Å²) < 4.78 is 190. The van der Waals surface area contributed by atoms with Gasteiger partial charge in [-0.1, -0.05) is 115 Å². The van der Waals surface area contributed by atoms with Crippen LogP contribution < -0.4 is 0 Å². The molecule has 2 heteroatoms. The molecule has 0 bridgehead atoms. The van der Waals surface area contributed by atoms with Gasteiger partial charge < -0.3 is 9.13 Å². The molecule has 9 aromatic rings. The molecule has 7 aromatic carbocycles. The maximum Gasteiger partial charge on any atom is 0.0652 e. The zero-order valence-electron chi connectivity index (χ0n) is 43.4. The van der Waals surface area contributed by atoms with E-state index in [-0.39, 0.29) is 33.5 Å². The first-order chi connectivity index (χ1) is 30.6. The van der Waals surface area contributed by atoms with E-state index in [1.807, 2.05) is 0 Å². The third-order valence-electron chi connectivity index (χ3n) is 7.29. The number of aromatic nitrogens is 2. The van der Waals surface area contributed by atoms with E-state index in [1.54, 1.807) is 30.3 Å². The molecule has 0 atom stereocenters. The second-order valence-corrected chi connectivity index (χ2v) is 9.74. The first-order valence-electron chi connectivity index (χ1n) is 23.9. The van der Waals surface area contributed by atoms with Crippen molar-refractivity contribution in [3.05, 3.63) is 169 Å². The maximum absolute atomic E-state index is 9.83. The van der Waals surface area contributed by atoms with Crippen LogP contribution in [0.4, 0.5) is 0 Å². The largest absolute Gasteiger partial charge is 0.309 e. The Balaban J connectivity index is 1.50. The quantitative estimate of drug-likeness (QED) is 0.196. The molecule has 0 N–H and O–H groups in total. The molecule has 0 fully saturated rings. The van der Waals surface area contributed by atoms with Gasteiger partial charge in [-0.15, -0.1) is 0 Å².